The lowest BCUT2D eigenvalue weighted by molar-refractivity contribution is -0.132. The molecule has 4 nitrogen and oxygen atoms in total. The maximum absolute atomic E-state index is 11.7. The summed E-state index contributed by atoms with van der Waals surface area (Å²) < 4.78 is 0. The van der Waals surface area contributed by atoms with E-state index in [1.807, 2.05) is 6.92 Å². The summed E-state index contributed by atoms with van der Waals surface area (Å²) in [6.07, 6.45) is 2.28. The monoisotopic (exact) mass is 200 g/mol. The van der Waals surface area contributed by atoms with Gasteiger partial charge < -0.3 is 15.7 Å². The minimum absolute atomic E-state index is 0.0235. The molecule has 0 aliphatic carbocycles. The minimum atomic E-state index is -0.721. The maximum atomic E-state index is 11.7. The molecular weight excluding hydrogens is 180 g/mol. The SMILES string of the molecule is CCC[C@@H](N)C(=O)N1CCC(C)(O)C1. The summed E-state index contributed by atoms with van der Waals surface area (Å²) in [6.45, 7) is 4.81. The van der Waals surface area contributed by atoms with Crippen molar-refractivity contribution >= 4 is 5.91 Å². The Labute approximate surface area is 85.1 Å². The van der Waals surface area contributed by atoms with Crippen molar-refractivity contribution in [2.45, 2.75) is 44.8 Å². The first-order valence-electron chi connectivity index (χ1n) is 5.23. The standard InChI is InChI=1S/C10H20N2O2/c1-3-4-8(11)9(13)12-6-5-10(2,14)7-12/h8,14H,3-7,11H2,1-2H3/t8-,10?/m1/s1. The summed E-state index contributed by atoms with van der Waals surface area (Å²) in [5.74, 6) is -0.0235. The van der Waals surface area contributed by atoms with E-state index in [-0.39, 0.29) is 5.91 Å². The number of likely N-dealkylation sites (tertiary alicyclic amines) is 1. The molecule has 3 N–H and O–H groups in total. The third-order valence-corrected chi connectivity index (χ3v) is 2.68. The van der Waals surface area contributed by atoms with Gasteiger partial charge in [0.25, 0.3) is 0 Å². The first-order valence-corrected chi connectivity index (χ1v) is 5.23. The fourth-order valence-corrected chi connectivity index (χ4v) is 1.80. The number of aliphatic hydroxyl groups is 1. The van der Waals surface area contributed by atoms with E-state index in [1.165, 1.54) is 0 Å². The Morgan fingerprint density at radius 2 is 2.36 bits per heavy atom. The quantitative estimate of drug-likeness (QED) is 0.679. The molecule has 0 bridgehead atoms. The predicted octanol–water partition coefficient (Wildman–Crippen LogP) is 0.0971. The molecule has 0 aromatic rings. The third-order valence-electron chi connectivity index (χ3n) is 2.68. The van der Waals surface area contributed by atoms with E-state index < -0.39 is 11.6 Å². The van der Waals surface area contributed by atoms with Crippen molar-refractivity contribution in [1.82, 2.24) is 4.90 Å². The second kappa shape index (κ2) is 4.28. The van der Waals surface area contributed by atoms with Gasteiger partial charge in [-0.05, 0) is 19.8 Å². The largest absolute Gasteiger partial charge is 0.388 e. The van der Waals surface area contributed by atoms with Crippen molar-refractivity contribution in [3.63, 3.8) is 0 Å². The summed E-state index contributed by atoms with van der Waals surface area (Å²) in [4.78, 5) is 13.4. The van der Waals surface area contributed by atoms with E-state index in [1.54, 1.807) is 11.8 Å². The highest BCUT2D eigenvalue weighted by Gasteiger charge is 2.35. The molecule has 1 heterocycles. The number of nitrogens with zero attached hydrogens (tertiary/aromatic N) is 1. The zero-order valence-corrected chi connectivity index (χ0v) is 8.99. The maximum Gasteiger partial charge on any atom is 0.239 e. The molecule has 1 aliphatic heterocycles. The summed E-state index contributed by atoms with van der Waals surface area (Å²) in [5.41, 5.74) is 5.00. The van der Waals surface area contributed by atoms with E-state index in [0.29, 0.717) is 19.5 Å². The van der Waals surface area contributed by atoms with Crippen molar-refractivity contribution < 1.29 is 9.90 Å². The van der Waals surface area contributed by atoms with Gasteiger partial charge in [-0.3, -0.25) is 4.79 Å². The summed E-state index contributed by atoms with van der Waals surface area (Å²) >= 11 is 0. The number of nitrogens with two attached hydrogens (primary N) is 1. The number of carbonyl (C=O) groups is 1. The molecule has 0 radical (unpaired) electrons. The fourth-order valence-electron chi connectivity index (χ4n) is 1.80. The Morgan fingerprint density at radius 1 is 1.71 bits per heavy atom. The topological polar surface area (TPSA) is 66.6 Å². The lowest BCUT2D eigenvalue weighted by Gasteiger charge is -2.22. The van der Waals surface area contributed by atoms with Crippen molar-refractivity contribution in [1.29, 1.82) is 0 Å². The van der Waals surface area contributed by atoms with Crippen LogP contribution in [0.15, 0.2) is 0 Å². The van der Waals surface area contributed by atoms with Crippen LogP contribution in [0.25, 0.3) is 0 Å². The Kier molecular flexibility index (Phi) is 3.50. The van der Waals surface area contributed by atoms with Gasteiger partial charge in [-0.2, -0.15) is 0 Å². The van der Waals surface area contributed by atoms with Crippen LogP contribution in [0, 0.1) is 0 Å². The predicted molar refractivity (Wildman–Crippen MR) is 54.7 cm³/mol. The third kappa shape index (κ3) is 2.69. The van der Waals surface area contributed by atoms with Crippen LogP contribution in [0.4, 0.5) is 0 Å². The van der Waals surface area contributed by atoms with Gasteiger partial charge in [-0.1, -0.05) is 13.3 Å². The lowest BCUT2D eigenvalue weighted by atomic mass is 10.1. The van der Waals surface area contributed by atoms with E-state index >= 15 is 0 Å². The Morgan fingerprint density at radius 3 is 2.79 bits per heavy atom. The Balaban J connectivity index is 2.47. The average Bonchev–Trinajstić information content (AvgIpc) is 2.45. The van der Waals surface area contributed by atoms with Crippen LogP contribution < -0.4 is 5.73 Å². The van der Waals surface area contributed by atoms with Crippen molar-refractivity contribution in [3.8, 4) is 0 Å². The molecule has 0 saturated carbocycles. The van der Waals surface area contributed by atoms with Gasteiger partial charge in [-0.25, -0.2) is 0 Å². The summed E-state index contributed by atoms with van der Waals surface area (Å²) in [7, 11) is 0. The molecule has 1 saturated heterocycles. The molecule has 1 fully saturated rings. The van der Waals surface area contributed by atoms with Gasteiger partial charge in [0, 0.05) is 13.1 Å². The van der Waals surface area contributed by atoms with E-state index in [4.69, 9.17) is 5.73 Å². The fraction of sp³-hybridized carbons (Fsp3) is 0.900. The van der Waals surface area contributed by atoms with Crippen molar-refractivity contribution in [2.24, 2.45) is 5.73 Å². The highest BCUT2D eigenvalue weighted by Crippen LogP contribution is 2.20. The number of β-amino-alcohol motifs (C(OH)–C–C–N with tert-alkyl or cyclic N) is 1. The van der Waals surface area contributed by atoms with Gasteiger partial charge >= 0.3 is 0 Å². The molecule has 2 atom stereocenters. The molecule has 0 spiro atoms. The van der Waals surface area contributed by atoms with Gasteiger partial charge in [0.15, 0.2) is 0 Å². The molecule has 1 rings (SSSR count). The van der Waals surface area contributed by atoms with Crippen LogP contribution in [-0.2, 0) is 4.79 Å². The van der Waals surface area contributed by atoms with E-state index in [2.05, 4.69) is 0 Å². The normalized spacial score (nSPS) is 29.3. The van der Waals surface area contributed by atoms with Crippen molar-refractivity contribution in [3.05, 3.63) is 0 Å². The second-order valence-corrected chi connectivity index (χ2v) is 4.40. The Bertz CT molecular complexity index is 216. The van der Waals surface area contributed by atoms with Gasteiger partial charge in [-0.15, -0.1) is 0 Å². The first kappa shape index (κ1) is 11.5. The molecule has 82 valence electrons. The number of hydrogen-bond acceptors (Lipinski definition) is 3. The van der Waals surface area contributed by atoms with E-state index in [9.17, 15) is 9.90 Å². The van der Waals surface area contributed by atoms with Crippen LogP contribution in [-0.4, -0.2) is 40.6 Å². The lowest BCUT2D eigenvalue weighted by Crippen LogP contribution is -2.44. The molecule has 1 amide bonds. The highest BCUT2D eigenvalue weighted by molar-refractivity contribution is 5.82. The highest BCUT2D eigenvalue weighted by atomic mass is 16.3. The molecule has 1 aliphatic rings. The van der Waals surface area contributed by atoms with Crippen molar-refractivity contribution in [2.75, 3.05) is 13.1 Å². The molecule has 0 aromatic heterocycles. The smallest absolute Gasteiger partial charge is 0.239 e. The Hall–Kier alpha value is -0.610. The summed E-state index contributed by atoms with van der Waals surface area (Å²) in [6, 6.07) is -0.395. The number of hydrogen-bond donors (Lipinski definition) is 2. The van der Waals surface area contributed by atoms with Crippen LogP contribution in [0.3, 0.4) is 0 Å². The van der Waals surface area contributed by atoms with Crippen LogP contribution in [0.2, 0.25) is 0 Å². The second-order valence-electron chi connectivity index (χ2n) is 4.40. The number of amides is 1. The molecule has 14 heavy (non-hydrogen) atoms. The summed E-state index contributed by atoms with van der Waals surface area (Å²) in [5, 5.41) is 9.69. The first-order chi connectivity index (χ1) is 6.46. The zero-order chi connectivity index (χ0) is 10.8. The van der Waals surface area contributed by atoms with Gasteiger partial charge in [0.1, 0.15) is 0 Å². The molecular formula is C10H20N2O2. The van der Waals surface area contributed by atoms with Gasteiger partial charge in [0.05, 0.1) is 11.6 Å². The molecule has 4 heteroatoms. The molecule has 1 unspecified atom stereocenters. The molecule has 0 aromatic carbocycles. The number of carbonyl (C=O) groups excluding carboxylic acids is 1. The van der Waals surface area contributed by atoms with Crippen LogP contribution in [0.1, 0.15) is 33.1 Å². The average molecular weight is 200 g/mol. The van der Waals surface area contributed by atoms with Crippen LogP contribution in [0.5, 0.6) is 0 Å². The number of rotatable bonds is 3. The zero-order valence-electron chi connectivity index (χ0n) is 8.99. The minimum Gasteiger partial charge on any atom is -0.388 e. The van der Waals surface area contributed by atoms with E-state index in [0.717, 1.165) is 12.8 Å². The van der Waals surface area contributed by atoms with Crippen LogP contribution >= 0.6 is 0 Å². The van der Waals surface area contributed by atoms with Gasteiger partial charge in [0.2, 0.25) is 5.91 Å².